The first kappa shape index (κ1) is 13.4. The SMILES string of the molecule is CC(Br)CC(C)NC(=O)c1csc(I)c1. The lowest BCUT2D eigenvalue weighted by atomic mass is 10.2. The summed E-state index contributed by atoms with van der Waals surface area (Å²) in [5.41, 5.74) is 0.762. The van der Waals surface area contributed by atoms with Crippen molar-refractivity contribution in [2.45, 2.75) is 31.1 Å². The molecule has 0 saturated carbocycles. The van der Waals surface area contributed by atoms with Gasteiger partial charge >= 0.3 is 0 Å². The lowest BCUT2D eigenvalue weighted by molar-refractivity contribution is 0.0939. The summed E-state index contributed by atoms with van der Waals surface area (Å²) >= 11 is 7.28. The van der Waals surface area contributed by atoms with Crippen molar-refractivity contribution in [1.82, 2.24) is 5.32 Å². The number of carbonyl (C=O) groups excluding carboxylic acids is 1. The van der Waals surface area contributed by atoms with E-state index in [1.165, 1.54) is 0 Å². The summed E-state index contributed by atoms with van der Waals surface area (Å²) in [4.78, 5) is 12.2. The molecule has 0 aliphatic carbocycles. The van der Waals surface area contributed by atoms with Crippen LogP contribution in [0.3, 0.4) is 0 Å². The fourth-order valence-electron chi connectivity index (χ4n) is 1.28. The molecular weight excluding hydrogens is 389 g/mol. The molecule has 1 aromatic heterocycles. The van der Waals surface area contributed by atoms with Gasteiger partial charge in [-0.3, -0.25) is 4.79 Å². The van der Waals surface area contributed by atoms with Crippen molar-refractivity contribution in [3.05, 3.63) is 19.9 Å². The van der Waals surface area contributed by atoms with Crippen molar-refractivity contribution in [3.8, 4) is 0 Å². The smallest absolute Gasteiger partial charge is 0.252 e. The Morgan fingerprint density at radius 1 is 1.67 bits per heavy atom. The van der Waals surface area contributed by atoms with Crippen molar-refractivity contribution in [2.75, 3.05) is 0 Å². The summed E-state index contributed by atoms with van der Waals surface area (Å²) in [6.45, 7) is 4.10. The lowest BCUT2D eigenvalue weighted by Gasteiger charge is -2.14. The average Bonchev–Trinajstić information content (AvgIpc) is 2.49. The van der Waals surface area contributed by atoms with Crippen LogP contribution in [-0.4, -0.2) is 16.8 Å². The van der Waals surface area contributed by atoms with Gasteiger partial charge in [-0.15, -0.1) is 11.3 Å². The van der Waals surface area contributed by atoms with Crippen molar-refractivity contribution in [1.29, 1.82) is 0 Å². The molecule has 0 saturated heterocycles. The number of rotatable bonds is 4. The third-order valence-electron chi connectivity index (χ3n) is 1.89. The number of nitrogens with one attached hydrogen (secondary N) is 1. The summed E-state index contributed by atoms with van der Waals surface area (Å²) in [6.07, 6.45) is 0.937. The Balaban J connectivity index is 2.49. The van der Waals surface area contributed by atoms with Crippen LogP contribution in [0.2, 0.25) is 0 Å². The maximum atomic E-state index is 11.7. The highest BCUT2D eigenvalue weighted by atomic mass is 127. The predicted molar refractivity (Wildman–Crippen MR) is 77.0 cm³/mol. The van der Waals surface area contributed by atoms with Gasteiger partial charge in [0.05, 0.1) is 8.45 Å². The van der Waals surface area contributed by atoms with E-state index in [9.17, 15) is 4.79 Å². The van der Waals surface area contributed by atoms with Crippen molar-refractivity contribution in [3.63, 3.8) is 0 Å². The van der Waals surface area contributed by atoms with E-state index in [1.807, 2.05) is 18.4 Å². The maximum absolute atomic E-state index is 11.7. The van der Waals surface area contributed by atoms with Gasteiger partial charge in [-0.25, -0.2) is 0 Å². The highest BCUT2D eigenvalue weighted by Gasteiger charge is 2.12. The van der Waals surface area contributed by atoms with Crippen molar-refractivity contribution >= 4 is 55.8 Å². The summed E-state index contributed by atoms with van der Waals surface area (Å²) in [6, 6.07) is 2.11. The molecule has 5 heteroatoms. The van der Waals surface area contributed by atoms with E-state index in [-0.39, 0.29) is 11.9 Å². The molecule has 0 bridgehead atoms. The molecule has 1 heterocycles. The summed E-state index contributed by atoms with van der Waals surface area (Å²) in [5, 5.41) is 4.87. The second-order valence-corrected chi connectivity index (χ2v) is 7.90. The standard InChI is InChI=1S/C10H13BrINOS/c1-6(11)3-7(2)13-10(14)8-4-9(12)15-5-8/h4-7H,3H2,1-2H3,(H,13,14). The highest BCUT2D eigenvalue weighted by molar-refractivity contribution is 14.1. The average molecular weight is 402 g/mol. The molecule has 2 atom stereocenters. The molecule has 1 aromatic rings. The second kappa shape index (κ2) is 6.20. The van der Waals surface area contributed by atoms with Crippen LogP contribution in [0.1, 0.15) is 30.6 Å². The van der Waals surface area contributed by atoms with E-state index in [4.69, 9.17) is 0 Å². The molecule has 0 spiro atoms. The molecule has 0 aliphatic heterocycles. The van der Waals surface area contributed by atoms with Crippen LogP contribution in [0.25, 0.3) is 0 Å². The van der Waals surface area contributed by atoms with E-state index in [0.29, 0.717) is 4.83 Å². The fourth-order valence-corrected chi connectivity index (χ4v) is 3.17. The van der Waals surface area contributed by atoms with Crippen LogP contribution in [-0.2, 0) is 0 Å². The van der Waals surface area contributed by atoms with Gasteiger partial charge in [-0.2, -0.15) is 0 Å². The first-order chi connectivity index (χ1) is 6.99. The highest BCUT2D eigenvalue weighted by Crippen LogP contribution is 2.16. The van der Waals surface area contributed by atoms with Crippen molar-refractivity contribution in [2.24, 2.45) is 0 Å². The molecule has 0 fully saturated rings. The van der Waals surface area contributed by atoms with E-state index in [2.05, 4.69) is 50.8 Å². The first-order valence-electron chi connectivity index (χ1n) is 4.68. The molecule has 2 unspecified atom stereocenters. The van der Waals surface area contributed by atoms with Crippen LogP contribution in [0.5, 0.6) is 0 Å². The third-order valence-corrected chi connectivity index (χ3v) is 4.05. The molecule has 15 heavy (non-hydrogen) atoms. The maximum Gasteiger partial charge on any atom is 0.252 e. The number of hydrogen-bond acceptors (Lipinski definition) is 2. The van der Waals surface area contributed by atoms with E-state index < -0.39 is 0 Å². The van der Waals surface area contributed by atoms with E-state index in [0.717, 1.165) is 14.9 Å². The molecule has 84 valence electrons. The van der Waals surface area contributed by atoms with Gasteiger partial charge in [0.1, 0.15) is 0 Å². The number of hydrogen-bond donors (Lipinski definition) is 1. The Morgan fingerprint density at radius 3 is 2.80 bits per heavy atom. The first-order valence-corrected chi connectivity index (χ1v) is 7.55. The Labute approximate surface area is 116 Å². The van der Waals surface area contributed by atoms with Crippen LogP contribution < -0.4 is 5.32 Å². The molecule has 1 rings (SSSR count). The largest absolute Gasteiger partial charge is 0.350 e. The number of alkyl halides is 1. The second-order valence-electron chi connectivity index (χ2n) is 3.53. The Kier molecular flexibility index (Phi) is 5.56. The normalized spacial score (nSPS) is 14.7. The van der Waals surface area contributed by atoms with Gasteiger partial charge in [0.2, 0.25) is 0 Å². The van der Waals surface area contributed by atoms with Gasteiger partial charge < -0.3 is 5.32 Å². The Hall–Kier alpha value is 0.380. The minimum atomic E-state index is 0.0230. The zero-order valence-electron chi connectivity index (χ0n) is 8.59. The van der Waals surface area contributed by atoms with Gasteiger partial charge in [0, 0.05) is 16.2 Å². The zero-order chi connectivity index (χ0) is 11.4. The minimum Gasteiger partial charge on any atom is -0.350 e. The Bertz CT molecular complexity index is 340. The van der Waals surface area contributed by atoms with Gasteiger partial charge in [-0.05, 0) is 42.0 Å². The summed E-state index contributed by atoms with van der Waals surface area (Å²) < 4.78 is 1.14. The Morgan fingerprint density at radius 2 is 2.33 bits per heavy atom. The lowest BCUT2D eigenvalue weighted by Crippen LogP contribution is -2.33. The quantitative estimate of drug-likeness (QED) is 0.605. The topological polar surface area (TPSA) is 29.1 Å². The summed E-state index contributed by atoms with van der Waals surface area (Å²) in [7, 11) is 0. The van der Waals surface area contributed by atoms with Gasteiger partial charge in [0.15, 0.2) is 0 Å². The molecule has 1 N–H and O–H groups in total. The van der Waals surface area contributed by atoms with E-state index in [1.54, 1.807) is 11.3 Å². The molecule has 1 amide bonds. The number of amides is 1. The van der Waals surface area contributed by atoms with Crippen LogP contribution in [0, 0.1) is 2.88 Å². The van der Waals surface area contributed by atoms with Crippen LogP contribution in [0.4, 0.5) is 0 Å². The fraction of sp³-hybridized carbons (Fsp3) is 0.500. The van der Waals surface area contributed by atoms with Crippen molar-refractivity contribution < 1.29 is 4.79 Å². The van der Waals surface area contributed by atoms with E-state index >= 15 is 0 Å². The predicted octanol–water partition coefficient (Wildman–Crippen LogP) is 3.64. The molecule has 0 aromatic carbocycles. The zero-order valence-corrected chi connectivity index (χ0v) is 13.1. The third kappa shape index (κ3) is 4.82. The van der Waals surface area contributed by atoms with Gasteiger partial charge in [-0.1, -0.05) is 22.9 Å². The number of halogens is 2. The van der Waals surface area contributed by atoms with Crippen LogP contribution >= 0.6 is 49.9 Å². The monoisotopic (exact) mass is 401 g/mol. The molecule has 2 nitrogen and oxygen atoms in total. The van der Waals surface area contributed by atoms with Gasteiger partial charge in [0.25, 0.3) is 5.91 Å². The number of thiophene rings is 1. The molecular formula is C10H13BrINOS. The molecule has 0 aliphatic rings. The number of carbonyl (C=O) groups is 1. The molecule has 0 radical (unpaired) electrons. The summed E-state index contributed by atoms with van der Waals surface area (Å²) in [5.74, 6) is 0.0230. The van der Waals surface area contributed by atoms with Crippen LogP contribution in [0.15, 0.2) is 11.4 Å². The minimum absolute atomic E-state index is 0.0230.